The van der Waals surface area contributed by atoms with Gasteiger partial charge in [0.1, 0.15) is 24.4 Å². The average molecular weight is 296 g/mol. The number of hydrogen-bond donors (Lipinski definition) is 2. The van der Waals surface area contributed by atoms with E-state index in [9.17, 15) is 15.0 Å². The topological polar surface area (TPSA) is 70.1 Å². The van der Waals surface area contributed by atoms with E-state index in [0.29, 0.717) is 6.42 Å². The molecule has 0 bridgehead atoms. The molecular formula is C18H16O4. The van der Waals surface area contributed by atoms with Gasteiger partial charge in [0.25, 0.3) is 0 Å². The van der Waals surface area contributed by atoms with Crippen LogP contribution in [0.3, 0.4) is 0 Å². The van der Waals surface area contributed by atoms with E-state index in [4.69, 9.17) is 4.74 Å². The summed E-state index contributed by atoms with van der Waals surface area (Å²) < 4.78 is 5.61. The molecule has 3 aliphatic rings. The van der Waals surface area contributed by atoms with Crippen molar-refractivity contribution in [3.63, 3.8) is 0 Å². The summed E-state index contributed by atoms with van der Waals surface area (Å²) in [4.78, 5) is 12.0. The highest BCUT2D eigenvalue weighted by Crippen LogP contribution is 2.54. The van der Waals surface area contributed by atoms with Gasteiger partial charge < -0.3 is 14.9 Å². The zero-order chi connectivity index (χ0) is 15.2. The van der Waals surface area contributed by atoms with Crippen LogP contribution in [0.2, 0.25) is 0 Å². The summed E-state index contributed by atoms with van der Waals surface area (Å²) in [6.07, 6.45) is -0.837. The van der Waals surface area contributed by atoms with E-state index in [1.54, 1.807) is 0 Å². The minimum atomic E-state index is -0.905. The first-order valence-electron chi connectivity index (χ1n) is 7.71. The van der Waals surface area contributed by atoms with Crippen molar-refractivity contribution in [3.05, 3.63) is 46.0 Å². The molecule has 2 aliphatic carbocycles. The lowest BCUT2D eigenvalue weighted by Gasteiger charge is -2.25. The van der Waals surface area contributed by atoms with E-state index in [1.165, 1.54) is 0 Å². The van der Waals surface area contributed by atoms with Gasteiger partial charge in [-0.3, -0.25) is 4.79 Å². The lowest BCUT2D eigenvalue weighted by molar-refractivity contribution is 0.000103. The van der Waals surface area contributed by atoms with Gasteiger partial charge in [0, 0.05) is 12.0 Å². The van der Waals surface area contributed by atoms with Gasteiger partial charge in [0.15, 0.2) is 5.78 Å². The Labute approximate surface area is 127 Å². The maximum atomic E-state index is 12.0. The van der Waals surface area contributed by atoms with Gasteiger partial charge in [-0.1, -0.05) is 12.1 Å². The molecule has 22 heavy (non-hydrogen) atoms. The molecule has 0 saturated carbocycles. The van der Waals surface area contributed by atoms with Crippen LogP contribution in [-0.2, 0) is 11.2 Å². The van der Waals surface area contributed by atoms with Crippen LogP contribution >= 0.6 is 0 Å². The fraction of sp³-hybridized carbons (Fsp3) is 0.389. The fourth-order valence-corrected chi connectivity index (χ4v) is 4.27. The molecule has 112 valence electrons. The van der Waals surface area contributed by atoms with Crippen LogP contribution in [0.1, 0.15) is 51.2 Å². The number of aryl methyl sites for hydroxylation is 2. The number of hydrogen-bond acceptors (Lipinski definition) is 4. The minimum absolute atomic E-state index is 0.133. The van der Waals surface area contributed by atoms with Gasteiger partial charge in [-0.05, 0) is 52.4 Å². The summed E-state index contributed by atoms with van der Waals surface area (Å²) in [5.74, 6) is 0.216. The van der Waals surface area contributed by atoms with E-state index in [2.05, 4.69) is 0 Å². The van der Waals surface area contributed by atoms with E-state index in [0.717, 1.165) is 45.0 Å². The van der Waals surface area contributed by atoms with Crippen molar-refractivity contribution >= 4 is 16.6 Å². The average Bonchev–Trinajstić information content (AvgIpc) is 3.23. The van der Waals surface area contributed by atoms with Crippen molar-refractivity contribution in [1.29, 1.82) is 0 Å². The maximum absolute atomic E-state index is 12.0. The zero-order valence-corrected chi connectivity index (χ0v) is 12.2. The highest BCUT2D eigenvalue weighted by molar-refractivity contribution is 6.07. The second kappa shape index (κ2) is 3.96. The second-order valence-electron chi connectivity index (χ2n) is 6.59. The molecule has 5 rings (SSSR count). The number of carbonyl (C=O) groups is 1. The number of carbonyl (C=O) groups excluding carboxylic acids is 1. The van der Waals surface area contributed by atoms with E-state index in [1.807, 2.05) is 25.1 Å². The Morgan fingerprint density at radius 2 is 2.05 bits per heavy atom. The Balaban J connectivity index is 1.88. The Morgan fingerprint density at radius 1 is 1.23 bits per heavy atom. The summed E-state index contributed by atoms with van der Waals surface area (Å²) in [6, 6.07) is 5.84. The van der Waals surface area contributed by atoms with Crippen LogP contribution < -0.4 is 0 Å². The number of aliphatic hydroxyl groups is 2. The third-order valence-electron chi connectivity index (χ3n) is 5.38. The van der Waals surface area contributed by atoms with Crippen LogP contribution in [-0.4, -0.2) is 28.2 Å². The summed E-state index contributed by atoms with van der Waals surface area (Å²) in [6.45, 7) is 2.00. The standard InChI is InChI=1S/C18H16O4/c1-7-6-11-8(4-5-12(11)19)9-2-3-10-14(13(7)9)17-18(22-17)16(21)15(10)20/h2-3,6,15-18,20-21H,4-5H2,1H3/t15-,16+,17+,18-/m1/s1. The molecule has 4 heteroatoms. The predicted molar refractivity (Wildman–Crippen MR) is 79.9 cm³/mol. The minimum Gasteiger partial charge on any atom is -0.387 e. The number of fused-ring (bicyclic) bond motifs is 7. The van der Waals surface area contributed by atoms with Gasteiger partial charge in [-0.2, -0.15) is 0 Å². The molecule has 2 aromatic rings. The lowest BCUT2D eigenvalue weighted by Crippen LogP contribution is -2.29. The van der Waals surface area contributed by atoms with Gasteiger partial charge in [-0.25, -0.2) is 0 Å². The molecule has 1 saturated heterocycles. The molecule has 4 atom stereocenters. The summed E-state index contributed by atoms with van der Waals surface area (Å²) in [5, 5.41) is 22.6. The Hall–Kier alpha value is -1.75. The first-order chi connectivity index (χ1) is 10.6. The van der Waals surface area contributed by atoms with Gasteiger partial charge in [-0.15, -0.1) is 0 Å². The second-order valence-corrected chi connectivity index (χ2v) is 6.59. The van der Waals surface area contributed by atoms with Crippen molar-refractivity contribution in [2.75, 3.05) is 0 Å². The number of benzene rings is 2. The van der Waals surface area contributed by atoms with Gasteiger partial charge >= 0.3 is 0 Å². The number of ketones is 1. The maximum Gasteiger partial charge on any atom is 0.163 e. The summed E-state index contributed by atoms with van der Waals surface area (Å²) in [5.41, 5.74) is 4.76. The third kappa shape index (κ3) is 1.40. The predicted octanol–water partition coefficient (Wildman–Crippen LogP) is 2.12. The summed E-state index contributed by atoms with van der Waals surface area (Å²) in [7, 11) is 0. The highest BCUT2D eigenvalue weighted by Gasteiger charge is 2.54. The smallest absolute Gasteiger partial charge is 0.163 e. The molecule has 4 nitrogen and oxygen atoms in total. The lowest BCUT2D eigenvalue weighted by atomic mass is 9.82. The van der Waals surface area contributed by atoms with Crippen molar-refractivity contribution in [3.8, 4) is 0 Å². The van der Waals surface area contributed by atoms with Crippen LogP contribution in [0.15, 0.2) is 18.2 Å². The zero-order valence-electron chi connectivity index (χ0n) is 12.2. The molecule has 1 heterocycles. The molecule has 1 aliphatic heterocycles. The fourth-order valence-electron chi connectivity index (χ4n) is 4.27. The molecule has 0 amide bonds. The Kier molecular flexibility index (Phi) is 2.30. The first kappa shape index (κ1) is 12.8. The normalized spacial score (nSPS) is 31.9. The van der Waals surface area contributed by atoms with Gasteiger partial charge in [0.2, 0.25) is 0 Å². The van der Waals surface area contributed by atoms with Crippen molar-refractivity contribution in [2.45, 2.75) is 44.2 Å². The molecule has 0 radical (unpaired) electrons. The highest BCUT2D eigenvalue weighted by atomic mass is 16.6. The van der Waals surface area contributed by atoms with Crippen LogP contribution in [0, 0.1) is 6.92 Å². The number of epoxide rings is 1. The molecule has 0 spiro atoms. The quantitative estimate of drug-likeness (QED) is 0.731. The van der Waals surface area contributed by atoms with Crippen molar-refractivity contribution in [2.24, 2.45) is 0 Å². The third-order valence-corrected chi connectivity index (χ3v) is 5.38. The first-order valence-corrected chi connectivity index (χ1v) is 7.71. The molecule has 0 unspecified atom stereocenters. The SMILES string of the molecule is Cc1cc2c(c3ccc4c(c13)[C@@H]1O[C@@H]1[C@@H](O)[C@@H]4O)CCC2=O. The molecule has 0 aromatic heterocycles. The van der Waals surface area contributed by atoms with E-state index < -0.39 is 12.2 Å². The van der Waals surface area contributed by atoms with Gasteiger partial charge in [0.05, 0.1) is 0 Å². The Morgan fingerprint density at radius 3 is 2.86 bits per heavy atom. The van der Waals surface area contributed by atoms with Crippen molar-refractivity contribution < 1.29 is 19.7 Å². The monoisotopic (exact) mass is 296 g/mol. The molecule has 2 N–H and O–H groups in total. The number of aliphatic hydroxyl groups excluding tert-OH is 2. The number of rotatable bonds is 0. The molecule has 2 aromatic carbocycles. The van der Waals surface area contributed by atoms with Crippen molar-refractivity contribution in [1.82, 2.24) is 0 Å². The summed E-state index contributed by atoms with van der Waals surface area (Å²) >= 11 is 0. The number of ether oxygens (including phenoxy) is 1. The van der Waals surface area contributed by atoms with Crippen LogP contribution in [0.25, 0.3) is 10.8 Å². The Bertz CT molecular complexity index is 854. The molecular weight excluding hydrogens is 280 g/mol. The number of Topliss-reactive ketones (excluding diaryl/α,β-unsaturated/α-hetero) is 1. The van der Waals surface area contributed by atoms with E-state index >= 15 is 0 Å². The van der Waals surface area contributed by atoms with Crippen LogP contribution in [0.4, 0.5) is 0 Å². The molecule has 1 fully saturated rings. The largest absolute Gasteiger partial charge is 0.387 e. The van der Waals surface area contributed by atoms with E-state index in [-0.39, 0.29) is 18.0 Å². The van der Waals surface area contributed by atoms with Crippen LogP contribution in [0.5, 0.6) is 0 Å².